The summed E-state index contributed by atoms with van der Waals surface area (Å²) in [6.07, 6.45) is 4.49. The number of nitrogens with one attached hydrogen (secondary N) is 1. The molecular weight excluding hydrogens is 324 g/mol. The molecule has 2 rings (SSSR count). The van der Waals surface area contributed by atoms with Crippen molar-refractivity contribution < 1.29 is 9.59 Å². The number of hydrogen-bond donors (Lipinski definition) is 1. The first kappa shape index (κ1) is 18.1. The maximum absolute atomic E-state index is 11.6. The quantitative estimate of drug-likeness (QED) is 0.743. The summed E-state index contributed by atoms with van der Waals surface area (Å²) in [7, 11) is 1.61. The molecule has 128 valence electrons. The van der Waals surface area contributed by atoms with E-state index in [1.165, 1.54) is 11.8 Å². The lowest BCUT2D eigenvalue weighted by atomic mass is 10.2. The van der Waals surface area contributed by atoms with Crippen LogP contribution in [-0.4, -0.2) is 46.8 Å². The first-order valence-corrected chi connectivity index (χ1v) is 8.78. The van der Waals surface area contributed by atoms with Gasteiger partial charge in [-0.05, 0) is 31.4 Å². The van der Waals surface area contributed by atoms with E-state index in [1.54, 1.807) is 24.6 Å². The SMILES string of the molecule is CC(=O)N(C)CC(=O)NCCCCc1nc(-c2ccccn2)cs1. The zero-order valence-electron chi connectivity index (χ0n) is 14.0. The molecule has 2 amide bonds. The van der Waals surface area contributed by atoms with Crippen LogP contribution in [-0.2, 0) is 16.0 Å². The number of rotatable bonds is 8. The van der Waals surface area contributed by atoms with Crippen LogP contribution in [0.5, 0.6) is 0 Å². The molecule has 0 atom stereocenters. The molecule has 0 bridgehead atoms. The summed E-state index contributed by atoms with van der Waals surface area (Å²) in [6.45, 7) is 2.17. The smallest absolute Gasteiger partial charge is 0.239 e. The molecule has 0 aromatic carbocycles. The van der Waals surface area contributed by atoms with Crippen molar-refractivity contribution in [2.45, 2.75) is 26.2 Å². The molecule has 1 N–H and O–H groups in total. The van der Waals surface area contributed by atoms with Crippen LogP contribution < -0.4 is 5.32 Å². The lowest BCUT2D eigenvalue weighted by molar-refractivity contribution is -0.133. The number of thiazole rings is 1. The molecule has 24 heavy (non-hydrogen) atoms. The lowest BCUT2D eigenvalue weighted by Gasteiger charge is -2.14. The molecule has 0 aliphatic carbocycles. The van der Waals surface area contributed by atoms with Gasteiger partial charge in [-0.2, -0.15) is 0 Å². The van der Waals surface area contributed by atoms with Crippen molar-refractivity contribution in [2.24, 2.45) is 0 Å². The Labute approximate surface area is 145 Å². The summed E-state index contributed by atoms with van der Waals surface area (Å²) in [5.41, 5.74) is 1.80. The lowest BCUT2D eigenvalue weighted by Crippen LogP contribution is -2.37. The van der Waals surface area contributed by atoms with E-state index in [0.29, 0.717) is 6.54 Å². The third-order valence-electron chi connectivity index (χ3n) is 3.54. The van der Waals surface area contributed by atoms with E-state index in [9.17, 15) is 9.59 Å². The number of likely N-dealkylation sites (N-methyl/N-ethyl adjacent to an activating group) is 1. The molecule has 7 heteroatoms. The number of unbranched alkanes of at least 4 members (excludes halogenated alkanes) is 1. The van der Waals surface area contributed by atoms with Crippen molar-refractivity contribution in [1.82, 2.24) is 20.2 Å². The largest absolute Gasteiger partial charge is 0.355 e. The Morgan fingerprint density at radius 1 is 1.25 bits per heavy atom. The number of amides is 2. The first-order valence-electron chi connectivity index (χ1n) is 7.90. The number of aromatic nitrogens is 2. The zero-order valence-corrected chi connectivity index (χ0v) is 14.8. The summed E-state index contributed by atoms with van der Waals surface area (Å²) < 4.78 is 0. The molecular formula is C17H22N4O2S. The van der Waals surface area contributed by atoms with E-state index in [1.807, 2.05) is 23.6 Å². The summed E-state index contributed by atoms with van der Waals surface area (Å²) in [6, 6.07) is 5.79. The minimum absolute atomic E-state index is 0.106. The number of hydrogen-bond acceptors (Lipinski definition) is 5. The van der Waals surface area contributed by atoms with Gasteiger partial charge in [-0.1, -0.05) is 6.07 Å². The minimum atomic E-state index is -0.126. The van der Waals surface area contributed by atoms with Gasteiger partial charge in [-0.3, -0.25) is 14.6 Å². The fourth-order valence-corrected chi connectivity index (χ4v) is 2.90. The number of nitrogens with zero attached hydrogens (tertiary/aromatic N) is 3. The Morgan fingerprint density at radius 2 is 2.08 bits per heavy atom. The second kappa shape index (κ2) is 9.12. The third kappa shape index (κ3) is 5.73. The van der Waals surface area contributed by atoms with Crippen LogP contribution in [0.15, 0.2) is 29.8 Å². The number of pyridine rings is 1. The normalized spacial score (nSPS) is 10.4. The average Bonchev–Trinajstić information content (AvgIpc) is 3.04. The summed E-state index contributed by atoms with van der Waals surface area (Å²) in [5.74, 6) is -0.239. The van der Waals surface area contributed by atoms with Crippen LogP contribution in [0.25, 0.3) is 11.4 Å². The fraction of sp³-hybridized carbons (Fsp3) is 0.412. The second-order valence-corrected chi connectivity index (χ2v) is 6.47. The second-order valence-electron chi connectivity index (χ2n) is 5.52. The van der Waals surface area contributed by atoms with Gasteiger partial charge >= 0.3 is 0 Å². The monoisotopic (exact) mass is 346 g/mol. The predicted octanol–water partition coefficient (Wildman–Crippen LogP) is 2.12. The molecule has 0 unspecified atom stereocenters. The molecule has 0 aliphatic heterocycles. The van der Waals surface area contributed by atoms with Crippen LogP contribution in [0.2, 0.25) is 0 Å². The summed E-state index contributed by atoms with van der Waals surface area (Å²) in [5, 5.41) is 5.93. The van der Waals surface area contributed by atoms with Crippen LogP contribution in [0.1, 0.15) is 24.8 Å². The van der Waals surface area contributed by atoms with Gasteiger partial charge in [0.05, 0.1) is 22.9 Å². The van der Waals surface area contributed by atoms with Crippen molar-refractivity contribution in [3.8, 4) is 11.4 Å². The van der Waals surface area contributed by atoms with E-state index in [4.69, 9.17) is 0 Å². The molecule has 0 aliphatic rings. The Kier molecular flexibility index (Phi) is 6.87. The van der Waals surface area contributed by atoms with E-state index in [-0.39, 0.29) is 18.4 Å². The number of carbonyl (C=O) groups is 2. The fourth-order valence-electron chi connectivity index (χ4n) is 2.07. The highest BCUT2D eigenvalue weighted by Crippen LogP contribution is 2.20. The van der Waals surface area contributed by atoms with E-state index in [0.717, 1.165) is 35.7 Å². The van der Waals surface area contributed by atoms with E-state index >= 15 is 0 Å². The first-order chi connectivity index (χ1) is 11.6. The maximum Gasteiger partial charge on any atom is 0.239 e. The molecule has 2 aromatic rings. The summed E-state index contributed by atoms with van der Waals surface area (Å²) >= 11 is 1.64. The molecule has 2 heterocycles. The van der Waals surface area contributed by atoms with Gasteiger partial charge in [0.1, 0.15) is 0 Å². The number of carbonyl (C=O) groups excluding carboxylic acids is 2. The highest BCUT2D eigenvalue weighted by Gasteiger charge is 2.08. The molecule has 2 aromatic heterocycles. The third-order valence-corrected chi connectivity index (χ3v) is 4.45. The molecule has 6 nitrogen and oxygen atoms in total. The molecule has 0 saturated carbocycles. The highest BCUT2D eigenvalue weighted by atomic mass is 32.1. The van der Waals surface area contributed by atoms with Crippen LogP contribution in [0.3, 0.4) is 0 Å². The van der Waals surface area contributed by atoms with Gasteiger partial charge in [-0.25, -0.2) is 4.98 Å². The molecule has 0 spiro atoms. The molecule has 0 radical (unpaired) electrons. The van der Waals surface area contributed by atoms with E-state index in [2.05, 4.69) is 15.3 Å². The Morgan fingerprint density at radius 3 is 2.79 bits per heavy atom. The Balaban J connectivity index is 1.66. The van der Waals surface area contributed by atoms with Crippen LogP contribution >= 0.6 is 11.3 Å². The predicted molar refractivity (Wildman–Crippen MR) is 94.6 cm³/mol. The topological polar surface area (TPSA) is 75.2 Å². The van der Waals surface area contributed by atoms with Gasteiger partial charge in [-0.15, -0.1) is 11.3 Å². The number of aryl methyl sites for hydroxylation is 1. The van der Waals surface area contributed by atoms with Crippen molar-refractivity contribution in [2.75, 3.05) is 20.1 Å². The maximum atomic E-state index is 11.6. The van der Waals surface area contributed by atoms with Crippen molar-refractivity contribution in [3.63, 3.8) is 0 Å². The van der Waals surface area contributed by atoms with Gasteiger partial charge in [0.25, 0.3) is 0 Å². The van der Waals surface area contributed by atoms with E-state index < -0.39 is 0 Å². The average molecular weight is 346 g/mol. The van der Waals surface area contributed by atoms with Gasteiger partial charge in [0, 0.05) is 32.1 Å². The van der Waals surface area contributed by atoms with Gasteiger partial charge < -0.3 is 10.2 Å². The van der Waals surface area contributed by atoms with Crippen LogP contribution in [0.4, 0.5) is 0 Å². The van der Waals surface area contributed by atoms with Gasteiger partial charge in [0.2, 0.25) is 11.8 Å². The molecule has 0 saturated heterocycles. The Hall–Kier alpha value is -2.28. The van der Waals surface area contributed by atoms with Gasteiger partial charge in [0.15, 0.2) is 0 Å². The minimum Gasteiger partial charge on any atom is -0.355 e. The van der Waals surface area contributed by atoms with Crippen LogP contribution in [0, 0.1) is 0 Å². The standard InChI is InChI=1S/C17H22N4O2S/c1-13(22)21(2)11-16(23)19-10-6-4-8-17-20-15(12-24-17)14-7-3-5-9-18-14/h3,5,7,9,12H,4,6,8,10-11H2,1-2H3,(H,19,23). The van der Waals surface area contributed by atoms with Crippen molar-refractivity contribution in [3.05, 3.63) is 34.8 Å². The highest BCUT2D eigenvalue weighted by molar-refractivity contribution is 7.09. The summed E-state index contributed by atoms with van der Waals surface area (Å²) in [4.78, 5) is 33.0. The molecule has 0 fully saturated rings. The van der Waals surface area contributed by atoms with Crippen molar-refractivity contribution in [1.29, 1.82) is 0 Å². The Bertz CT molecular complexity index is 672. The zero-order chi connectivity index (χ0) is 17.4. The van der Waals surface area contributed by atoms with Crippen molar-refractivity contribution >= 4 is 23.2 Å².